The van der Waals surface area contributed by atoms with Crippen molar-refractivity contribution in [3.05, 3.63) is 35.4 Å². The molecule has 94 valence electrons. The van der Waals surface area contributed by atoms with E-state index in [2.05, 4.69) is 5.32 Å². The van der Waals surface area contributed by atoms with Gasteiger partial charge in [-0.2, -0.15) is 0 Å². The van der Waals surface area contributed by atoms with E-state index in [4.69, 9.17) is 5.11 Å². The van der Waals surface area contributed by atoms with Gasteiger partial charge in [0.15, 0.2) is 0 Å². The number of aliphatic hydroxyl groups excluding tert-OH is 1. The summed E-state index contributed by atoms with van der Waals surface area (Å²) in [4.78, 5) is 11.3. The molecule has 1 rings (SSSR count). The number of hydrogen-bond acceptors (Lipinski definition) is 2. The minimum Gasteiger partial charge on any atom is -0.396 e. The summed E-state index contributed by atoms with van der Waals surface area (Å²) in [5.74, 6) is -1.31. The largest absolute Gasteiger partial charge is 0.396 e. The van der Waals surface area contributed by atoms with Crippen molar-refractivity contribution in [3.8, 4) is 0 Å². The lowest BCUT2D eigenvalue weighted by atomic mass is 10.2. The molecule has 3 nitrogen and oxygen atoms in total. The molecule has 0 heterocycles. The molecule has 0 aromatic heterocycles. The first-order valence-corrected chi connectivity index (χ1v) is 5.45. The number of amides is 1. The first kappa shape index (κ1) is 13.6. The Hall–Kier alpha value is -1.49. The van der Waals surface area contributed by atoms with Gasteiger partial charge in [0.1, 0.15) is 11.6 Å². The molecular weight excluding hydrogens is 228 g/mol. The van der Waals surface area contributed by atoms with Crippen LogP contribution in [0, 0.1) is 11.6 Å². The molecule has 2 N–H and O–H groups in total. The monoisotopic (exact) mass is 243 g/mol. The second-order valence-corrected chi connectivity index (χ2v) is 3.69. The summed E-state index contributed by atoms with van der Waals surface area (Å²) in [7, 11) is 0. The molecular formula is C12H15F2NO2. The van der Waals surface area contributed by atoms with E-state index in [1.165, 1.54) is 0 Å². The predicted molar refractivity (Wildman–Crippen MR) is 59.1 cm³/mol. The van der Waals surface area contributed by atoms with Gasteiger partial charge in [0.05, 0.1) is 0 Å². The fourth-order valence-corrected chi connectivity index (χ4v) is 1.36. The summed E-state index contributed by atoms with van der Waals surface area (Å²) in [6.07, 6.45) is 1.41. The SMILES string of the molecule is O=C(CCCCO)NCc1cc(F)ccc1F. The van der Waals surface area contributed by atoms with Crippen LogP contribution >= 0.6 is 0 Å². The molecule has 0 unspecified atom stereocenters. The summed E-state index contributed by atoms with van der Waals surface area (Å²) in [5.41, 5.74) is 0.125. The lowest BCUT2D eigenvalue weighted by Crippen LogP contribution is -2.23. The summed E-state index contributed by atoms with van der Waals surface area (Å²) < 4.78 is 26.0. The van der Waals surface area contributed by atoms with Crippen LogP contribution in [0.25, 0.3) is 0 Å². The number of aliphatic hydroxyl groups is 1. The quantitative estimate of drug-likeness (QED) is 0.748. The van der Waals surface area contributed by atoms with Crippen LogP contribution in [0.3, 0.4) is 0 Å². The highest BCUT2D eigenvalue weighted by atomic mass is 19.1. The Morgan fingerprint density at radius 3 is 2.76 bits per heavy atom. The minimum atomic E-state index is -0.540. The average molecular weight is 243 g/mol. The lowest BCUT2D eigenvalue weighted by Gasteiger charge is -2.06. The van der Waals surface area contributed by atoms with Gasteiger partial charge in [-0.25, -0.2) is 8.78 Å². The second kappa shape index (κ2) is 6.96. The third kappa shape index (κ3) is 4.91. The lowest BCUT2D eigenvalue weighted by molar-refractivity contribution is -0.121. The number of unbranched alkanes of at least 4 members (excludes halogenated alkanes) is 1. The molecule has 1 aromatic carbocycles. The third-order valence-electron chi connectivity index (χ3n) is 2.30. The van der Waals surface area contributed by atoms with Crippen LogP contribution in [-0.4, -0.2) is 17.6 Å². The number of halogens is 2. The van der Waals surface area contributed by atoms with E-state index in [0.29, 0.717) is 12.8 Å². The molecule has 0 saturated heterocycles. The number of nitrogens with one attached hydrogen (secondary N) is 1. The number of carbonyl (C=O) groups excluding carboxylic acids is 1. The highest BCUT2D eigenvalue weighted by Crippen LogP contribution is 2.09. The van der Waals surface area contributed by atoms with Crippen molar-refractivity contribution in [1.29, 1.82) is 0 Å². The van der Waals surface area contributed by atoms with Crippen LogP contribution in [0.1, 0.15) is 24.8 Å². The number of carbonyl (C=O) groups is 1. The summed E-state index contributed by atoms with van der Waals surface area (Å²) in [6, 6.07) is 3.12. The molecule has 1 amide bonds. The maximum atomic E-state index is 13.2. The van der Waals surface area contributed by atoms with Crippen LogP contribution in [-0.2, 0) is 11.3 Å². The Bertz CT molecular complexity index is 383. The van der Waals surface area contributed by atoms with E-state index in [1.54, 1.807) is 0 Å². The maximum absolute atomic E-state index is 13.2. The minimum absolute atomic E-state index is 0.0262. The van der Waals surface area contributed by atoms with E-state index in [-0.39, 0.29) is 31.0 Å². The van der Waals surface area contributed by atoms with Crippen molar-refractivity contribution in [2.75, 3.05) is 6.61 Å². The van der Waals surface area contributed by atoms with Crippen LogP contribution in [0.15, 0.2) is 18.2 Å². The Labute approximate surface area is 98.5 Å². The van der Waals surface area contributed by atoms with E-state index in [0.717, 1.165) is 18.2 Å². The van der Waals surface area contributed by atoms with Gasteiger partial charge >= 0.3 is 0 Å². The molecule has 17 heavy (non-hydrogen) atoms. The molecule has 5 heteroatoms. The smallest absolute Gasteiger partial charge is 0.220 e. The molecule has 0 bridgehead atoms. The van der Waals surface area contributed by atoms with Crippen molar-refractivity contribution in [1.82, 2.24) is 5.32 Å². The van der Waals surface area contributed by atoms with E-state index in [9.17, 15) is 13.6 Å². The molecule has 0 radical (unpaired) electrons. The van der Waals surface area contributed by atoms with E-state index < -0.39 is 11.6 Å². The average Bonchev–Trinajstić information content (AvgIpc) is 2.31. The van der Waals surface area contributed by atoms with Crippen molar-refractivity contribution in [2.24, 2.45) is 0 Å². The van der Waals surface area contributed by atoms with E-state index in [1.807, 2.05) is 0 Å². The van der Waals surface area contributed by atoms with Gasteiger partial charge in [0, 0.05) is 25.1 Å². The third-order valence-corrected chi connectivity index (χ3v) is 2.30. The fourth-order valence-electron chi connectivity index (χ4n) is 1.36. The Morgan fingerprint density at radius 1 is 1.29 bits per heavy atom. The topological polar surface area (TPSA) is 49.3 Å². The number of rotatable bonds is 6. The molecule has 0 saturated carbocycles. The number of benzene rings is 1. The standard InChI is InChI=1S/C12H15F2NO2/c13-10-4-5-11(14)9(7-10)8-15-12(17)3-1-2-6-16/h4-5,7,16H,1-3,6,8H2,(H,15,17). The molecule has 0 aliphatic rings. The maximum Gasteiger partial charge on any atom is 0.220 e. The zero-order valence-corrected chi connectivity index (χ0v) is 9.38. The highest BCUT2D eigenvalue weighted by Gasteiger charge is 2.06. The van der Waals surface area contributed by atoms with E-state index >= 15 is 0 Å². The Morgan fingerprint density at radius 2 is 2.06 bits per heavy atom. The number of hydrogen-bond donors (Lipinski definition) is 2. The van der Waals surface area contributed by atoms with Crippen molar-refractivity contribution in [3.63, 3.8) is 0 Å². The molecule has 0 aliphatic carbocycles. The van der Waals surface area contributed by atoms with Crippen LogP contribution in [0.4, 0.5) is 8.78 Å². The fraction of sp³-hybridized carbons (Fsp3) is 0.417. The Balaban J connectivity index is 2.39. The van der Waals surface area contributed by atoms with Gasteiger partial charge in [-0.05, 0) is 31.0 Å². The first-order chi connectivity index (χ1) is 8.13. The highest BCUT2D eigenvalue weighted by molar-refractivity contribution is 5.75. The molecule has 0 spiro atoms. The van der Waals surface area contributed by atoms with Gasteiger partial charge in [-0.3, -0.25) is 4.79 Å². The van der Waals surface area contributed by atoms with Crippen molar-refractivity contribution >= 4 is 5.91 Å². The molecule has 0 atom stereocenters. The van der Waals surface area contributed by atoms with Crippen LogP contribution in [0.2, 0.25) is 0 Å². The molecule has 0 fully saturated rings. The second-order valence-electron chi connectivity index (χ2n) is 3.69. The van der Waals surface area contributed by atoms with Gasteiger partial charge in [-0.1, -0.05) is 0 Å². The Kier molecular flexibility index (Phi) is 5.56. The van der Waals surface area contributed by atoms with Crippen molar-refractivity contribution in [2.45, 2.75) is 25.8 Å². The van der Waals surface area contributed by atoms with Gasteiger partial charge in [0.25, 0.3) is 0 Å². The van der Waals surface area contributed by atoms with Crippen LogP contribution in [0.5, 0.6) is 0 Å². The molecule has 1 aromatic rings. The van der Waals surface area contributed by atoms with Crippen LogP contribution < -0.4 is 5.32 Å². The summed E-state index contributed by atoms with van der Waals surface area (Å²) in [5, 5.41) is 11.0. The zero-order valence-electron chi connectivity index (χ0n) is 9.38. The van der Waals surface area contributed by atoms with Crippen molar-refractivity contribution < 1.29 is 18.7 Å². The van der Waals surface area contributed by atoms with Gasteiger partial charge in [-0.15, -0.1) is 0 Å². The first-order valence-electron chi connectivity index (χ1n) is 5.45. The normalized spacial score (nSPS) is 10.3. The zero-order chi connectivity index (χ0) is 12.7. The predicted octanol–water partition coefficient (Wildman–Crippen LogP) is 1.74. The van der Waals surface area contributed by atoms with Gasteiger partial charge < -0.3 is 10.4 Å². The molecule has 0 aliphatic heterocycles. The summed E-state index contributed by atoms with van der Waals surface area (Å²) >= 11 is 0. The summed E-state index contributed by atoms with van der Waals surface area (Å²) in [6.45, 7) is 0.0212. The van der Waals surface area contributed by atoms with Gasteiger partial charge in [0.2, 0.25) is 5.91 Å².